The Morgan fingerprint density at radius 1 is 1.43 bits per heavy atom. The van der Waals surface area contributed by atoms with Gasteiger partial charge in [-0.25, -0.2) is 0 Å². The zero-order chi connectivity index (χ0) is 17.1. The fourth-order valence-electron chi connectivity index (χ4n) is 2.06. The first kappa shape index (κ1) is 17.1. The first-order chi connectivity index (χ1) is 10.8. The number of pyridine rings is 1. The van der Waals surface area contributed by atoms with Crippen LogP contribution < -0.4 is 5.43 Å². The molecule has 1 aromatic carbocycles. The molecule has 23 heavy (non-hydrogen) atoms. The fourth-order valence-corrected chi connectivity index (χ4v) is 2.65. The number of hydrogen-bond donors (Lipinski definition) is 3. The number of thioether (sulfide) groups is 1. The van der Waals surface area contributed by atoms with Crippen LogP contribution in [0.4, 0.5) is 5.69 Å². The zero-order valence-electron chi connectivity index (χ0n) is 12.1. The van der Waals surface area contributed by atoms with E-state index in [0.717, 1.165) is 18.0 Å². The van der Waals surface area contributed by atoms with Gasteiger partial charge in [-0.3, -0.25) is 19.7 Å². The van der Waals surface area contributed by atoms with Crippen LogP contribution in [-0.2, 0) is 4.79 Å². The molecule has 0 saturated heterocycles. The molecular formula is C14H14N2O6S. The first-order valence-electron chi connectivity index (χ1n) is 6.60. The summed E-state index contributed by atoms with van der Waals surface area (Å²) in [6, 6.07) is 4.29. The van der Waals surface area contributed by atoms with E-state index in [1.807, 2.05) is 0 Å². The highest BCUT2D eigenvalue weighted by Crippen LogP contribution is 2.23. The molecule has 1 heterocycles. The van der Waals surface area contributed by atoms with Crippen LogP contribution in [0.3, 0.4) is 0 Å². The summed E-state index contributed by atoms with van der Waals surface area (Å²) in [7, 11) is 0. The van der Waals surface area contributed by atoms with E-state index in [1.54, 1.807) is 0 Å². The van der Waals surface area contributed by atoms with Gasteiger partial charge in [-0.1, -0.05) is 17.8 Å². The van der Waals surface area contributed by atoms with Gasteiger partial charge in [-0.05, 0) is 17.7 Å². The van der Waals surface area contributed by atoms with Gasteiger partial charge in [0.05, 0.1) is 22.6 Å². The molecular weight excluding hydrogens is 324 g/mol. The molecule has 122 valence electrons. The number of hydrogen-bond acceptors (Lipinski definition) is 7. The van der Waals surface area contributed by atoms with Crippen LogP contribution in [0, 0.1) is 10.1 Å². The van der Waals surface area contributed by atoms with Gasteiger partial charge in [0.2, 0.25) is 0 Å². The quantitative estimate of drug-likeness (QED) is 0.549. The SMILES string of the molecule is CC(=O)SCC(O)C(O)c1ccc2[nH]cc([N+](=O)[O-])c(=O)c2c1. The van der Waals surface area contributed by atoms with Crippen LogP contribution >= 0.6 is 11.8 Å². The van der Waals surface area contributed by atoms with E-state index >= 15 is 0 Å². The summed E-state index contributed by atoms with van der Waals surface area (Å²) in [4.78, 5) is 35.6. The number of benzene rings is 1. The Balaban J connectivity index is 2.38. The van der Waals surface area contributed by atoms with Gasteiger partial charge < -0.3 is 15.2 Å². The molecule has 0 bridgehead atoms. The van der Waals surface area contributed by atoms with Crippen molar-refractivity contribution < 1.29 is 19.9 Å². The third kappa shape index (κ3) is 3.76. The molecule has 1 aromatic heterocycles. The van der Waals surface area contributed by atoms with Crippen molar-refractivity contribution >= 4 is 33.5 Å². The van der Waals surface area contributed by atoms with Gasteiger partial charge >= 0.3 is 5.69 Å². The average molecular weight is 338 g/mol. The lowest BCUT2D eigenvalue weighted by molar-refractivity contribution is -0.386. The highest BCUT2D eigenvalue weighted by Gasteiger charge is 2.21. The van der Waals surface area contributed by atoms with Crippen molar-refractivity contribution in [3.8, 4) is 0 Å². The summed E-state index contributed by atoms with van der Waals surface area (Å²) in [6.07, 6.45) is -1.51. The third-order valence-corrected chi connectivity index (χ3v) is 4.16. The molecule has 0 saturated carbocycles. The topological polar surface area (TPSA) is 134 Å². The number of aliphatic hydroxyl groups is 2. The van der Waals surface area contributed by atoms with Gasteiger partial charge in [0.15, 0.2) is 5.12 Å². The van der Waals surface area contributed by atoms with Crippen molar-refractivity contribution in [3.63, 3.8) is 0 Å². The molecule has 9 heteroatoms. The summed E-state index contributed by atoms with van der Waals surface area (Å²) >= 11 is 0.869. The number of aromatic nitrogens is 1. The van der Waals surface area contributed by atoms with Crippen LogP contribution in [0.15, 0.2) is 29.2 Å². The Kier molecular flexibility index (Phi) is 5.14. The zero-order valence-corrected chi connectivity index (χ0v) is 12.9. The lowest BCUT2D eigenvalue weighted by Gasteiger charge is -2.17. The predicted molar refractivity (Wildman–Crippen MR) is 85.3 cm³/mol. The van der Waals surface area contributed by atoms with Gasteiger partial charge in [0, 0.05) is 18.2 Å². The molecule has 8 nitrogen and oxygen atoms in total. The molecule has 0 amide bonds. The molecule has 2 atom stereocenters. The summed E-state index contributed by atoms with van der Waals surface area (Å²) in [5, 5.41) is 30.7. The minimum Gasteiger partial charge on any atom is -0.389 e. The highest BCUT2D eigenvalue weighted by atomic mass is 32.2. The fraction of sp³-hybridized carbons (Fsp3) is 0.286. The maximum Gasteiger partial charge on any atom is 0.332 e. The summed E-state index contributed by atoms with van der Waals surface area (Å²) in [5.41, 5.74) is -0.758. The number of rotatable bonds is 5. The number of fused-ring (bicyclic) bond motifs is 1. The van der Waals surface area contributed by atoms with Crippen molar-refractivity contribution in [1.82, 2.24) is 4.98 Å². The van der Waals surface area contributed by atoms with Gasteiger partial charge in [0.1, 0.15) is 6.10 Å². The molecule has 2 aromatic rings. The van der Waals surface area contributed by atoms with Crippen LogP contribution in [0.5, 0.6) is 0 Å². The second-order valence-corrected chi connectivity index (χ2v) is 6.08. The maximum absolute atomic E-state index is 12.1. The standard InChI is InChI=1S/C14H14N2O6S/c1-7(17)23-6-12(18)13(19)8-2-3-10-9(4-8)14(20)11(5-15-10)16(21)22/h2-5,12-13,18-19H,6H2,1H3,(H,15,20). The second-order valence-electron chi connectivity index (χ2n) is 4.88. The summed E-state index contributed by atoms with van der Waals surface area (Å²) < 4.78 is 0. The normalized spacial score (nSPS) is 13.7. The Morgan fingerprint density at radius 3 is 2.74 bits per heavy atom. The number of H-pyrrole nitrogens is 1. The van der Waals surface area contributed by atoms with Crippen LogP contribution in [0.1, 0.15) is 18.6 Å². The van der Waals surface area contributed by atoms with E-state index in [-0.39, 0.29) is 21.8 Å². The molecule has 0 aliphatic rings. The number of carbonyl (C=O) groups excluding carboxylic acids is 1. The smallest absolute Gasteiger partial charge is 0.332 e. The maximum atomic E-state index is 12.1. The summed E-state index contributed by atoms with van der Waals surface area (Å²) in [5.74, 6) is -0.000167. The molecule has 0 radical (unpaired) electrons. The van der Waals surface area contributed by atoms with Crippen molar-refractivity contribution in [2.75, 3.05) is 5.75 Å². The number of aromatic amines is 1. The largest absolute Gasteiger partial charge is 0.389 e. The second kappa shape index (κ2) is 6.90. The average Bonchev–Trinajstić information content (AvgIpc) is 2.51. The van der Waals surface area contributed by atoms with Crippen molar-refractivity contribution in [2.24, 2.45) is 0 Å². The Hall–Kier alpha value is -2.23. The van der Waals surface area contributed by atoms with Crippen molar-refractivity contribution in [3.05, 3.63) is 50.3 Å². The molecule has 3 N–H and O–H groups in total. The van der Waals surface area contributed by atoms with E-state index in [4.69, 9.17) is 0 Å². The molecule has 2 unspecified atom stereocenters. The lowest BCUT2D eigenvalue weighted by atomic mass is 10.0. The molecule has 2 rings (SSSR count). The van der Waals surface area contributed by atoms with Crippen LogP contribution in [0.25, 0.3) is 10.9 Å². The molecule has 0 spiro atoms. The van der Waals surface area contributed by atoms with Crippen LogP contribution in [0.2, 0.25) is 0 Å². The number of nitro groups is 1. The minimum atomic E-state index is -1.31. The number of nitrogens with one attached hydrogen (secondary N) is 1. The molecule has 0 aliphatic heterocycles. The minimum absolute atomic E-state index is 0.000167. The number of nitrogens with zero attached hydrogens (tertiary/aromatic N) is 1. The monoisotopic (exact) mass is 338 g/mol. The van der Waals surface area contributed by atoms with Gasteiger partial charge in [0.25, 0.3) is 5.43 Å². The highest BCUT2D eigenvalue weighted by molar-refractivity contribution is 8.13. The Morgan fingerprint density at radius 2 is 2.13 bits per heavy atom. The van der Waals surface area contributed by atoms with Gasteiger partial charge in [-0.2, -0.15) is 0 Å². The third-order valence-electron chi connectivity index (χ3n) is 3.25. The van der Waals surface area contributed by atoms with Crippen molar-refractivity contribution in [2.45, 2.75) is 19.1 Å². The first-order valence-corrected chi connectivity index (χ1v) is 7.59. The Labute approximate surface area is 134 Å². The van der Waals surface area contributed by atoms with Gasteiger partial charge in [-0.15, -0.1) is 0 Å². The van der Waals surface area contributed by atoms with E-state index in [9.17, 15) is 29.9 Å². The molecule has 0 fully saturated rings. The van der Waals surface area contributed by atoms with E-state index in [2.05, 4.69) is 4.98 Å². The van der Waals surface area contributed by atoms with E-state index < -0.39 is 28.2 Å². The Bertz CT molecular complexity index is 819. The predicted octanol–water partition coefficient (Wildman–Crippen LogP) is 1.11. The number of aliphatic hydroxyl groups excluding tert-OH is 2. The number of carbonyl (C=O) groups is 1. The van der Waals surface area contributed by atoms with Crippen LogP contribution in [-0.4, -0.2) is 37.1 Å². The lowest BCUT2D eigenvalue weighted by Crippen LogP contribution is -2.21. The van der Waals surface area contributed by atoms with E-state index in [0.29, 0.717) is 5.52 Å². The van der Waals surface area contributed by atoms with Crippen molar-refractivity contribution in [1.29, 1.82) is 0 Å². The summed E-state index contributed by atoms with van der Waals surface area (Å²) in [6.45, 7) is 1.35. The molecule has 0 aliphatic carbocycles. The van der Waals surface area contributed by atoms with E-state index in [1.165, 1.54) is 25.1 Å².